The lowest BCUT2D eigenvalue weighted by atomic mass is 9.73. The highest BCUT2D eigenvalue weighted by atomic mass is 19.2. The molecular weight excluding hydrogens is 346 g/mol. The van der Waals surface area contributed by atoms with Gasteiger partial charge in [0.1, 0.15) is 11.6 Å². The summed E-state index contributed by atoms with van der Waals surface area (Å²) in [6.45, 7) is 1.40. The Morgan fingerprint density at radius 1 is 0.963 bits per heavy atom. The minimum atomic E-state index is -0.953. The maximum absolute atomic E-state index is 13.4. The quantitative estimate of drug-likeness (QED) is 0.651. The number of Topliss-reactive ketones (excluding diaryl/α,β-unsaturated/α-hetero) is 2. The Kier molecular flexibility index (Phi) is 6.15. The van der Waals surface area contributed by atoms with E-state index in [0.717, 1.165) is 37.8 Å². The molecule has 1 atom stereocenters. The van der Waals surface area contributed by atoms with Gasteiger partial charge in [-0.3, -0.25) is 9.59 Å². The minimum Gasteiger partial charge on any atom is -0.299 e. The largest absolute Gasteiger partial charge is 0.299 e. The maximum atomic E-state index is 13.4. The molecule has 1 fully saturated rings. The highest BCUT2D eigenvalue weighted by Gasteiger charge is 2.33. The molecule has 1 unspecified atom stereocenters. The van der Waals surface area contributed by atoms with E-state index in [0.29, 0.717) is 11.5 Å². The zero-order valence-corrected chi connectivity index (χ0v) is 15.5. The van der Waals surface area contributed by atoms with E-state index in [1.54, 1.807) is 0 Å². The van der Waals surface area contributed by atoms with E-state index in [9.17, 15) is 18.4 Å². The smallest absolute Gasteiger partial charge is 0.159 e. The van der Waals surface area contributed by atoms with Gasteiger partial charge in [0.05, 0.1) is 5.92 Å². The van der Waals surface area contributed by atoms with E-state index in [-0.39, 0.29) is 23.9 Å². The molecule has 0 aromatic heterocycles. The second kappa shape index (κ2) is 8.55. The number of hydrogen-bond donors (Lipinski definition) is 0. The highest BCUT2D eigenvalue weighted by molar-refractivity contribution is 6.02. The summed E-state index contributed by atoms with van der Waals surface area (Å²) in [6.07, 6.45) is 3.51. The van der Waals surface area contributed by atoms with Crippen molar-refractivity contribution in [3.05, 3.63) is 71.3 Å². The lowest BCUT2D eigenvalue weighted by Gasteiger charge is -2.29. The summed E-state index contributed by atoms with van der Waals surface area (Å²) >= 11 is 0. The molecule has 0 amide bonds. The molecule has 1 aliphatic carbocycles. The first-order chi connectivity index (χ1) is 13.0. The van der Waals surface area contributed by atoms with Crippen LogP contribution in [0, 0.1) is 23.5 Å². The summed E-state index contributed by atoms with van der Waals surface area (Å²) in [5, 5.41) is 0. The van der Waals surface area contributed by atoms with Gasteiger partial charge in [-0.1, -0.05) is 36.4 Å². The third-order valence-corrected chi connectivity index (χ3v) is 5.66. The molecule has 3 rings (SSSR count). The van der Waals surface area contributed by atoms with Crippen molar-refractivity contribution in [1.82, 2.24) is 0 Å². The molecule has 0 spiro atoms. The van der Waals surface area contributed by atoms with Crippen LogP contribution in [-0.4, -0.2) is 11.6 Å². The average molecular weight is 370 g/mol. The molecule has 2 aromatic carbocycles. The van der Waals surface area contributed by atoms with Crippen molar-refractivity contribution in [2.24, 2.45) is 11.8 Å². The van der Waals surface area contributed by atoms with Crippen molar-refractivity contribution in [2.75, 3.05) is 0 Å². The monoisotopic (exact) mass is 370 g/mol. The first kappa shape index (κ1) is 19.4. The molecule has 1 aliphatic rings. The molecule has 4 heteroatoms. The van der Waals surface area contributed by atoms with Crippen LogP contribution in [0.4, 0.5) is 8.78 Å². The van der Waals surface area contributed by atoms with Gasteiger partial charge in [-0.05, 0) is 68.2 Å². The van der Waals surface area contributed by atoms with Crippen molar-refractivity contribution in [2.45, 2.75) is 44.9 Å². The summed E-state index contributed by atoms with van der Waals surface area (Å²) in [7, 11) is 0. The van der Waals surface area contributed by atoms with E-state index in [2.05, 4.69) is 12.1 Å². The fraction of sp³-hybridized carbons (Fsp3) is 0.391. The van der Waals surface area contributed by atoms with Crippen LogP contribution in [0.2, 0.25) is 0 Å². The molecule has 0 saturated heterocycles. The summed E-state index contributed by atoms with van der Waals surface area (Å²) < 4.78 is 26.6. The Morgan fingerprint density at radius 2 is 1.63 bits per heavy atom. The third kappa shape index (κ3) is 4.68. The Hall–Kier alpha value is -2.36. The Labute approximate surface area is 158 Å². The van der Waals surface area contributed by atoms with Crippen molar-refractivity contribution in [3.63, 3.8) is 0 Å². The first-order valence-corrected chi connectivity index (χ1v) is 9.48. The van der Waals surface area contributed by atoms with E-state index in [4.69, 9.17) is 0 Å². The first-order valence-electron chi connectivity index (χ1n) is 9.48. The molecule has 27 heavy (non-hydrogen) atoms. The lowest BCUT2D eigenvalue weighted by Crippen LogP contribution is -2.32. The topological polar surface area (TPSA) is 34.1 Å². The van der Waals surface area contributed by atoms with Gasteiger partial charge in [0.15, 0.2) is 11.6 Å². The average Bonchev–Trinajstić information content (AvgIpc) is 2.69. The van der Waals surface area contributed by atoms with E-state index < -0.39 is 17.6 Å². The standard InChI is InChI=1S/C23H24F2O2/c1-15(26)20(13-16-7-12-21(24)22(25)14-16)23(27)19-10-8-18(9-11-19)17-5-3-2-4-6-17/h2-7,12,14,18-20H,8-11,13H2,1H3. The van der Waals surface area contributed by atoms with Gasteiger partial charge < -0.3 is 0 Å². The van der Waals surface area contributed by atoms with Gasteiger partial charge in [-0.15, -0.1) is 0 Å². The summed E-state index contributed by atoms with van der Waals surface area (Å²) in [4.78, 5) is 25.0. The summed E-state index contributed by atoms with van der Waals surface area (Å²) in [6, 6.07) is 13.8. The van der Waals surface area contributed by atoms with Crippen LogP contribution in [-0.2, 0) is 16.0 Å². The number of halogens is 2. The predicted molar refractivity (Wildman–Crippen MR) is 100 cm³/mol. The van der Waals surface area contributed by atoms with E-state index in [1.165, 1.54) is 18.6 Å². The SMILES string of the molecule is CC(=O)C(Cc1ccc(F)c(F)c1)C(=O)C1CCC(c2ccccc2)CC1. The van der Waals surface area contributed by atoms with Crippen LogP contribution in [0.5, 0.6) is 0 Å². The molecule has 1 saturated carbocycles. The molecule has 0 N–H and O–H groups in total. The van der Waals surface area contributed by atoms with Crippen LogP contribution >= 0.6 is 0 Å². The maximum Gasteiger partial charge on any atom is 0.159 e. The Balaban J connectivity index is 1.65. The molecular formula is C23H24F2O2. The van der Waals surface area contributed by atoms with Crippen LogP contribution in [0.25, 0.3) is 0 Å². The van der Waals surface area contributed by atoms with Crippen LogP contribution in [0.3, 0.4) is 0 Å². The fourth-order valence-electron chi connectivity index (χ4n) is 4.07. The molecule has 0 radical (unpaired) electrons. The Bertz CT molecular complexity index is 808. The minimum absolute atomic E-state index is 0.0567. The van der Waals surface area contributed by atoms with Crippen LogP contribution in [0.1, 0.15) is 49.7 Å². The molecule has 142 valence electrons. The van der Waals surface area contributed by atoms with Gasteiger partial charge in [-0.2, -0.15) is 0 Å². The van der Waals surface area contributed by atoms with Crippen molar-refractivity contribution < 1.29 is 18.4 Å². The number of benzene rings is 2. The zero-order chi connectivity index (χ0) is 19.4. The predicted octanol–water partition coefficient (Wildman–Crippen LogP) is 5.26. The zero-order valence-electron chi connectivity index (χ0n) is 15.5. The molecule has 0 heterocycles. The summed E-state index contributed by atoms with van der Waals surface area (Å²) in [5.41, 5.74) is 1.77. The molecule has 0 bridgehead atoms. The number of carbonyl (C=O) groups excluding carboxylic acids is 2. The summed E-state index contributed by atoms with van der Waals surface area (Å²) in [5.74, 6) is -2.61. The van der Waals surface area contributed by atoms with Gasteiger partial charge in [-0.25, -0.2) is 8.78 Å². The van der Waals surface area contributed by atoms with Gasteiger partial charge in [0.2, 0.25) is 0 Å². The van der Waals surface area contributed by atoms with Gasteiger partial charge in [0.25, 0.3) is 0 Å². The van der Waals surface area contributed by atoms with Crippen LogP contribution in [0.15, 0.2) is 48.5 Å². The van der Waals surface area contributed by atoms with E-state index >= 15 is 0 Å². The second-order valence-corrected chi connectivity index (χ2v) is 7.48. The van der Waals surface area contributed by atoms with Crippen molar-refractivity contribution >= 4 is 11.6 Å². The third-order valence-electron chi connectivity index (χ3n) is 5.66. The highest BCUT2D eigenvalue weighted by Crippen LogP contribution is 2.37. The molecule has 2 nitrogen and oxygen atoms in total. The van der Waals surface area contributed by atoms with Gasteiger partial charge >= 0.3 is 0 Å². The number of ketones is 2. The fourth-order valence-corrected chi connectivity index (χ4v) is 4.07. The van der Waals surface area contributed by atoms with Gasteiger partial charge in [0, 0.05) is 5.92 Å². The normalized spacial score (nSPS) is 20.9. The lowest BCUT2D eigenvalue weighted by molar-refractivity contribution is -0.134. The van der Waals surface area contributed by atoms with E-state index in [1.807, 2.05) is 18.2 Å². The number of carbonyl (C=O) groups is 2. The van der Waals surface area contributed by atoms with Crippen LogP contribution < -0.4 is 0 Å². The van der Waals surface area contributed by atoms with Crippen molar-refractivity contribution in [3.8, 4) is 0 Å². The Morgan fingerprint density at radius 3 is 2.22 bits per heavy atom. The number of hydrogen-bond acceptors (Lipinski definition) is 2. The van der Waals surface area contributed by atoms with Crippen molar-refractivity contribution in [1.29, 1.82) is 0 Å². The molecule has 0 aliphatic heterocycles. The molecule has 2 aromatic rings. The number of rotatable bonds is 6. The second-order valence-electron chi connectivity index (χ2n) is 7.48.